The molecule has 2 aromatic rings. The number of anilines is 1. The lowest BCUT2D eigenvalue weighted by atomic mass is 10.2. The van der Waals surface area contributed by atoms with Gasteiger partial charge >= 0.3 is 0 Å². The second-order valence-corrected chi connectivity index (χ2v) is 8.78. The molecule has 1 fully saturated rings. The number of guanidine groups is 1. The van der Waals surface area contributed by atoms with Gasteiger partial charge in [-0.1, -0.05) is 12.1 Å². The second kappa shape index (κ2) is 9.83. The number of nitrogens with zero attached hydrogens (tertiary/aromatic N) is 3. The molecular weight excluding hydrogens is 362 g/mol. The number of benzene rings is 1. The Morgan fingerprint density at radius 2 is 1.96 bits per heavy atom. The lowest BCUT2D eigenvalue weighted by molar-refractivity contribution is 0.791. The van der Waals surface area contributed by atoms with E-state index in [9.17, 15) is 0 Å². The second-order valence-electron chi connectivity index (χ2n) is 6.23. The number of thioether (sulfide) groups is 1. The van der Waals surface area contributed by atoms with E-state index < -0.39 is 0 Å². The Bertz CT molecular complexity index is 705. The van der Waals surface area contributed by atoms with Crippen LogP contribution >= 0.6 is 23.1 Å². The Morgan fingerprint density at radius 1 is 1.19 bits per heavy atom. The van der Waals surface area contributed by atoms with Crippen molar-refractivity contribution in [3.05, 3.63) is 45.9 Å². The van der Waals surface area contributed by atoms with Crippen LogP contribution in [-0.4, -0.2) is 49.1 Å². The summed E-state index contributed by atoms with van der Waals surface area (Å²) in [4.78, 5) is 12.4. The number of nitrogens with one attached hydrogen (secondary N) is 2. The van der Waals surface area contributed by atoms with Gasteiger partial charge in [0.2, 0.25) is 0 Å². The van der Waals surface area contributed by atoms with Crippen LogP contribution in [0.3, 0.4) is 0 Å². The minimum Gasteiger partial charge on any atom is -0.370 e. The normalized spacial score (nSPS) is 15.2. The number of hydrogen-bond donors (Lipinski definition) is 2. The van der Waals surface area contributed by atoms with Crippen molar-refractivity contribution in [3.8, 4) is 0 Å². The summed E-state index contributed by atoms with van der Waals surface area (Å²) in [7, 11) is 1.81. The van der Waals surface area contributed by atoms with Crippen LogP contribution in [0.2, 0.25) is 0 Å². The number of rotatable bonds is 6. The molecule has 7 heteroatoms. The van der Waals surface area contributed by atoms with Gasteiger partial charge in [0.1, 0.15) is 0 Å². The van der Waals surface area contributed by atoms with Crippen molar-refractivity contribution in [2.24, 2.45) is 4.99 Å². The van der Waals surface area contributed by atoms with E-state index in [-0.39, 0.29) is 0 Å². The molecule has 0 aliphatic carbocycles. The van der Waals surface area contributed by atoms with Crippen LogP contribution in [0.15, 0.2) is 35.5 Å². The van der Waals surface area contributed by atoms with Gasteiger partial charge in [0, 0.05) is 67.9 Å². The molecule has 0 unspecified atom stereocenters. The van der Waals surface area contributed by atoms with Crippen LogP contribution in [0.25, 0.3) is 0 Å². The smallest absolute Gasteiger partial charge is 0.191 e. The van der Waals surface area contributed by atoms with E-state index in [0.29, 0.717) is 0 Å². The molecule has 1 aromatic heterocycles. The van der Waals surface area contributed by atoms with Gasteiger partial charge in [0.05, 0.1) is 5.01 Å². The summed E-state index contributed by atoms with van der Waals surface area (Å²) in [6.45, 7) is 5.99. The van der Waals surface area contributed by atoms with Gasteiger partial charge in [-0.3, -0.25) is 4.99 Å². The molecule has 3 rings (SSSR count). The molecule has 0 atom stereocenters. The average molecular weight is 390 g/mol. The van der Waals surface area contributed by atoms with Gasteiger partial charge in [-0.25, -0.2) is 4.98 Å². The Balaban J connectivity index is 1.42. The summed E-state index contributed by atoms with van der Waals surface area (Å²) in [6, 6.07) is 8.87. The van der Waals surface area contributed by atoms with Crippen LogP contribution in [0.4, 0.5) is 5.69 Å². The highest BCUT2D eigenvalue weighted by Crippen LogP contribution is 2.19. The van der Waals surface area contributed by atoms with Crippen LogP contribution < -0.4 is 15.5 Å². The zero-order valence-corrected chi connectivity index (χ0v) is 17.1. The van der Waals surface area contributed by atoms with Crippen molar-refractivity contribution in [1.29, 1.82) is 0 Å². The zero-order chi connectivity index (χ0) is 18.2. The van der Waals surface area contributed by atoms with Gasteiger partial charge in [0.25, 0.3) is 0 Å². The quantitative estimate of drug-likeness (QED) is 0.588. The van der Waals surface area contributed by atoms with Crippen molar-refractivity contribution in [2.45, 2.75) is 19.9 Å². The molecule has 0 radical (unpaired) electrons. The monoisotopic (exact) mass is 389 g/mol. The molecule has 1 aromatic carbocycles. The lowest BCUT2D eigenvalue weighted by Crippen LogP contribution is -2.37. The van der Waals surface area contributed by atoms with Crippen LogP contribution in [0.1, 0.15) is 15.4 Å². The number of thiazole rings is 1. The zero-order valence-electron chi connectivity index (χ0n) is 15.5. The summed E-state index contributed by atoms with van der Waals surface area (Å²) in [6.07, 6.45) is 2.85. The summed E-state index contributed by atoms with van der Waals surface area (Å²) in [5.74, 6) is 3.29. The molecule has 2 heterocycles. The molecule has 1 saturated heterocycles. The van der Waals surface area contributed by atoms with Crippen molar-refractivity contribution in [3.63, 3.8) is 0 Å². The first-order valence-electron chi connectivity index (χ1n) is 9.02. The van der Waals surface area contributed by atoms with Gasteiger partial charge in [0.15, 0.2) is 5.96 Å². The van der Waals surface area contributed by atoms with Gasteiger partial charge in [-0.05, 0) is 24.6 Å². The Morgan fingerprint density at radius 3 is 2.62 bits per heavy atom. The van der Waals surface area contributed by atoms with Crippen molar-refractivity contribution in [1.82, 2.24) is 15.6 Å². The maximum Gasteiger partial charge on any atom is 0.191 e. The third-order valence-electron chi connectivity index (χ3n) is 4.30. The maximum absolute atomic E-state index is 4.39. The standard InChI is InChI=1S/C19H27N5S2/c1-15-13-22-18(26-15)7-8-21-19(20-2)23-14-16-3-5-17(6-4-16)24-9-11-25-12-10-24/h3-6,13H,7-12,14H2,1-2H3,(H2,20,21,23). The number of aliphatic imine (C=N–C) groups is 1. The fourth-order valence-electron chi connectivity index (χ4n) is 2.86. The minimum atomic E-state index is 0.770. The predicted octanol–water partition coefficient (Wildman–Crippen LogP) is 2.91. The van der Waals surface area contributed by atoms with E-state index in [2.05, 4.69) is 56.7 Å². The first-order chi connectivity index (χ1) is 12.7. The molecule has 0 amide bonds. The molecule has 5 nitrogen and oxygen atoms in total. The summed E-state index contributed by atoms with van der Waals surface area (Å²) in [5, 5.41) is 7.90. The molecule has 2 N–H and O–H groups in total. The van der Waals surface area contributed by atoms with Crippen LogP contribution in [-0.2, 0) is 13.0 Å². The molecule has 0 spiro atoms. The highest BCUT2D eigenvalue weighted by Gasteiger charge is 2.10. The fourth-order valence-corrected chi connectivity index (χ4v) is 4.55. The Labute approximate surface area is 164 Å². The lowest BCUT2D eigenvalue weighted by Gasteiger charge is -2.28. The molecule has 26 heavy (non-hydrogen) atoms. The maximum atomic E-state index is 4.39. The highest BCUT2D eigenvalue weighted by molar-refractivity contribution is 7.99. The summed E-state index contributed by atoms with van der Waals surface area (Å²) < 4.78 is 0. The summed E-state index contributed by atoms with van der Waals surface area (Å²) >= 11 is 3.79. The topological polar surface area (TPSA) is 52.6 Å². The predicted molar refractivity (Wildman–Crippen MR) is 115 cm³/mol. The Hall–Kier alpha value is -1.73. The van der Waals surface area contributed by atoms with Gasteiger partial charge in [-0.2, -0.15) is 11.8 Å². The van der Waals surface area contributed by atoms with E-state index in [4.69, 9.17) is 0 Å². The molecular formula is C19H27N5S2. The molecule has 1 aliphatic heterocycles. The van der Waals surface area contributed by atoms with Crippen LogP contribution in [0.5, 0.6) is 0 Å². The number of aryl methyl sites for hydroxylation is 1. The van der Waals surface area contributed by atoms with E-state index in [1.165, 1.54) is 27.6 Å². The molecule has 1 aliphatic rings. The van der Waals surface area contributed by atoms with E-state index in [0.717, 1.165) is 43.6 Å². The van der Waals surface area contributed by atoms with Crippen molar-refractivity contribution >= 4 is 34.7 Å². The highest BCUT2D eigenvalue weighted by atomic mass is 32.2. The third kappa shape index (κ3) is 5.64. The third-order valence-corrected chi connectivity index (χ3v) is 6.21. The average Bonchev–Trinajstić information content (AvgIpc) is 3.11. The number of aromatic nitrogens is 1. The van der Waals surface area contributed by atoms with Crippen molar-refractivity contribution in [2.75, 3.05) is 43.1 Å². The first kappa shape index (κ1) is 19.0. The minimum absolute atomic E-state index is 0.770. The van der Waals surface area contributed by atoms with Gasteiger partial charge in [-0.15, -0.1) is 11.3 Å². The van der Waals surface area contributed by atoms with Crippen molar-refractivity contribution < 1.29 is 0 Å². The molecule has 0 saturated carbocycles. The number of hydrogen-bond acceptors (Lipinski definition) is 5. The van der Waals surface area contributed by atoms with E-state index in [1.54, 1.807) is 18.4 Å². The molecule has 140 valence electrons. The van der Waals surface area contributed by atoms with Gasteiger partial charge < -0.3 is 15.5 Å². The SMILES string of the molecule is CN=C(NCCc1ncc(C)s1)NCc1ccc(N2CCSCC2)cc1. The largest absolute Gasteiger partial charge is 0.370 e. The van der Waals surface area contributed by atoms with Crippen LogP contribution in [0, 0.1) is 6.92 Å². The molecule has 0 bridgehead atoms. The van der Waals surface area contributed by atoms with E-state index >= 15 is 0 Å². The van der Waals surface area contributed by atoms with E-state index in [1.807, 2.05) is 18.0 Å². The fraction of sp³-hybridized carbons (Fsp3) is 0.474. The summed E-state index contributed by atoms with van der Waals surface area (Å²) in [5.41, 5.74) is 2.59. The Kier molecular flexibility index (Phi) is 7.20. The first-order valence-corrected chi connectivity index (χ1v) is 11.0.